The van der Waals surface area contributed by atoms with Crippen LogP contribution in [0.2, 0.25) is 0 Å². The first-order chi connectivity index (χ1) is 14.8. The van der Waals surface area contributed by atoms with Crippen LogP contribution in [-0.2, 0) is 0 Å². The van der Waals surface area contributed by atoms with E-state index < -0.39 is 0 Å². The van der Waals surface area contributed by atoms with Gasteiger partial charge in [-0.1, -0.05) is 60.1 Å². The maximum Gasteiger partial charge on any atom is 0.0594 e. The molecule has 0 aromatic rings. The van der Waals surface area contributed by atoms with Crippen molar-refractivity contribution in [1.82, 2.24) is 0 Å². The van der Waals surface area contributed by atoms with Gasteiger partial charge in [-0.15, -0.1) is 0 Å². The van der Waals surface area contributed by atoms with Gasteiger partial charge >= 0.3 is 0 Å². The minimum atomic E-state index is -0.151. The summed E-state index contributed by atoms with van der Waals surface area (Å²) in [5.74, 6) is 1.95. The van der Waals surface area contributed by atoms with Gasteiger partial charge in [0.2, 0.25) is 0 Å². The fraction of sp³-hybridized carbons (Fsp3) is 0.933. The fourth-order valence-corrected chi connectivity index (χ4v) is 10.9. The molecular weight excluding hydrogens is 392 g/mol. The average molecular weight is 443 g/mol. The van der Waals surface area contributed by atoms with E-state index in [1.807, 2.05) is 0 Å². The minimum Gasteiger partial charge on any atom is -0.396 e. The lowest BCUT2D eigenvalue weighted by Crippen LogP contribution is -2.63. The highest BCUT2D eigenvalue weighted by molar-refractivity contribution is 5.35. The fourth-order valence-electron chi connectivity index (χ4n) is 10.9. The molecule has 0 aliphatic heterocycles. The molecule has 182 valence electrons. The zero-order chi connectivity index (χ0) is 23.4. The Bertz CT molecular complexity index is 810. The molecule has 0 bridgehead atoms. The molecule has 4 saturated carbocycles. The van der Waals surface area contributed by atoms with E-state index in [2.05, 4.69) is 54.5 Å². The van der Waals surface area contributed by atoms with Crippen molar-refractivity contribution in [2.75, 3.05) is 6.61 Å². The van der Waals surface area contributed by atoms with Crippen molar-refractivity contribution in [3.05, 3.63) is 11.6 Å². The van der Waals surface area contributed by atoms with Crippen LogP contribution in [0.25, 0.3) is 0 Å². The lowest BCUT2D eigenvalue weighted by Gasteiger charge is -2.70. The molecule has 32 heavy (non-hydrogen) atoms. The highest BCUT2D eigenvalue weighted by atomic mass is 16.3. The summed E-state index contributed by atoms with van der Waals surface area (Å²) in [6.45, 7) is 17.8. The summed E-state index contributed by atoms with van der Waals surface area (Å²) in [7, 11) is 0. The van der Waals surface area contributed by atoms with Gasteiger partial charge in [0, 0.05) is 12.0 Å². The first-order valence-electron chi connectivity index (χ1n) is 13.8. The molecule has 5 aliphatic carbocycles. The summed E-state index contributed by atoms with van der Waals surface area (Å²) in [4.78, 5) is 0. The standard InChI is InChI=1S/C30H50O2/c1-25(2)16-17-30(19-31)15-10-22-28(6)12-8-20-26(3,4)24(32)11-14-27(20,5)21(28)9-13-29(22,7)23(30)18-25/h10,20-21,23-24,31-32H,8-9,11-19H2,1-7H3/t20-,21+,23+,24+,27-,28+,29+,30+/m0/s1. The van der Waals surface area contributed by atoms with Crippen molar-refractivity contribution in [3.63, 3.8) is 0 Å². The zero-order valence-corrected chi connectivity index (χ0v) is 22.1. The molecular formula is C30H50O2. The van der Waals surface area contributed by atoms with E-state index in [4.69, 9.17) is 0 Å². The Labute approximate surface area is 197 Å². The Kier molecular flexibility index (Phi) is 5.02. The third kappa shape index (κ3) is 2.84. The van der Waals surface area contributed by atoms with E-state index in [-0.39, 0.29) is 27.8 Å². The first-order valence-corrected chi connectivity index (χ1v) is 13.8. The largest absolute Gasteiger partial charge is 0.396 e. The maximum absolute atomic E-state index is 10.9. The Morgan fingerprint density at radius 3 is 2.06 bits per heavy atom. The number of allylic oxidation sites excluding steroid dienone is 2. The second kappa shape index (κ2) is 6.87. The molecule has 0 amide bonds. The molecule has 0 aromatic heterocycles. The second-order valence-corrected chi connectivity index (χ2v) is 15.2. The van der Waals surface area contributed by atoms with E-state index in [1.165, 1.54) is 51.4 Å². The zero-order valence-electron chi connectivity index (χ0n) is 22.1. The van der Waals surface area contributed by atoms with E-state index >= 15 is 0 Å². The summed E-state index contributed by atoms with van der Waals surface area (Å²) in [5, 5.41) is 21.6. The second-order valence-electron chi connectivity index (χ2n) is 15.2. The van der Waals surface area contributed by atoms with E-state index in [0.29, 0.717) is 29.3 Å². The molecule has 0 spiro atoms. The van der Waals surface area contributed by atoms with Crippen LogP contribution in [0, 0.1) is 50.2 Å². The molecule has 0 saturated heterocycles. The Morgan fingerprint density at radius 2 is 1.41 bits per heavy atom. The van der Waals surface area contributed by atoms with Crippen LogP contribution in [0.1, 0.15) is 113 Å². The molecule has 0 aromatic carbocycles. The predicted molar refractivity (Wildman–Crippen MR) is 132 cm³/mol. The number of hydrogen-bond acceptors (Lipinski definition) is 2. The topological polar surface area (TPSA) is 40.5 Å². The number of rotatable bonds is 1. The molecule has 2 N–H and O–H groups in total. The van der Waals surface area contributed by atoms with E-state index in [1.54, 1.807) is 5.57 Å². The van der Waals surface area contributed by atoms with Crippen molar-refractivity contribution in [2.45, 2.75) is 119 Å². The normalized spacial score (nSPS) is 53.8. The van der Waals surface area contributed by atoms with Crippen molar-refractivity contribution in [2.24, 2.45) is 50.2 Å². The summed E-state index contributed by atoms with van der Waals surface area (Å²) < 4.78 is 0. The molecule has 2 heteroatoms. The molecule has 5 rings (SSSR count). The molecule has 4 fully saturated rings. The molecule has 0 heterocycles. The summed E-state index contributed by atoms with van der Waals surface area (Å²) in [5.41, 5.74) is 3.13. The van der Waals surface area contributed by atoms with Gasteiger partial charge < -0.3 is 10.2 Å². The average Bonchev–Trinajstić information content (AvgIpc) is 2.71. The van der Waals surface area contributed by atoms with Gasteiger partial charge in [0.25, 0.3) is 0 Å². The van der Waals surface area contributed by atoms with Crippen LogP contribution >= 0.6 is 0 Å². The van der Waals surface area contributed by atoms with Crippen molar-refractivity contribution >= 4 is 0 Å². The molecule has 2 nitrogen and oxygen atoms in total. The Morgan fingerprint density at radius 1 is 0.781 bits per heavy atom. The molecule has 0 radical (unpaired) electrons. The summed E-state index contributed by atoms with van der Waals surface area (Å²) in [6, 6.07) is 0. The van der Waals surface area contributed by atoms with Gasteiger partial charge in [-0.25, -0.2) is 0 Å². The van der Waals surface area contributed by atoms with Gasteiger partial charge in [-0.3, -0.25) is 0 Å². The van der Waals surface area contributed by atoms with Crippen LogP contribution in [0.3, 0.4) is 0 Å². The van der Waals surface area contributed by atoms with Gasteiger partial charge in [-0.2, -0.15) is 0 Å². The van der Waals surface area contributed by atoms with Crippen LogP contribution in [0.4, 0.5) is 0 Å². The lowest BCUT2D eigenvalue weighted by atomic mass is 9.34. The molecule has 0 unspecified atom stereocenters. The third-order valence-corrected chi connectivity index (χ3v) is 12.8. The van der Waals surface area contributed by atoms with E-state index in [0.717, 1.165) is 18.8 Å². The first kappa shape index (κ1) is 23.4. The van der Waals surface area contributed by atoms with E-state index in [9.17, 15) is 10.2 Å². The van der Waals surface area contributed by atoms with Crippen molar-refractivity contribution in [1.29, 1.82) is 0 Å². The molecule has 8 atom stereocenters. The summed E-state index contributed by atoms with van der Waals surface area (Å²) >= 11 is 0. The van der Waals surface area contributed by atoms with Crippen LogP contribution in [0.15, 0.2) is 11.6 Å². The van der Waals surface area contributed by atoms with Gasteiger partial charge in [0.1, 0.15) is 0 Å². The van der Waals surface area contributed by atoms with Crippen LogP contribution in [-0.4, -0.2) is 22.9 Å². The van der Waals surface area contributed by atoms with Crippen LogP contribution < -0.4 is 0 Å². The lowest BCUT2D eigenvalue weighted by molar-refractivity contribution is -0.186. The molecule has 5 aliphatic rings. The highest BCUT2D eigenvalue weighted by Crippen LogP contribution is 2.74. The SMILES string of the molecule is CC1(C)CC[C@@]2(CO)CC=C3[C@]4(C)CC[C@H]5C(C)(C)[C@H](O)CC[C@]5(C)[C@H]4CC[C@@]3(C)[C@H]2C1. The maximum atomic E-state index is 10.9. The number of hydrogen-bond donors (Lipinski definition) is 2. The quantitative estimate of drug-likeness (QED) is 0.424. The Balaban J connectivity index is 1.57. The van der Waals surface area contributed by atoms with Gasteiger partial charge in [0.15, 0.2) is 0 Å². The number of aliphatic hydroxyl groups excluding tert-OH is 2. The Hall–Kier alpha value is -0.340. The van der Waals surface area contributed by atoms with Gasteiger partial charge in [-0.05, 0) is 109 Å². The van der Waals surface area contributed by atoms with Gasteiger partial charge in [0.05, 0.1) is 6.10 Å². The summed E-state index contributed by atoms with van der Waals surface area (Å²) in [6.07, 6.45) is 14.6. The third-order valence-electron chi connectivity index (χ3n) is 12.8. The van der Waals surface area contributed by atoms with Crippen molar-refractivity contribution < 1.29 is 10.2 Å². The number of aliphatic hydroxyl groups is 2. The van der Waals surface area contributed by atoms with Crippen molar-refractivity contribution in [3.8, 4) is 0 Å². The minimum absolute atomic E-state index is 0.0233. The smallest absolute Gasteiger partial charge is 0.0594 e. The van der Waals surface area contributed by atoms with Crippen LogP contribution in [0.5, 0.6) is 0 Å². The number of fused-ring (bicyclic) bond motifs is 7. The highest BCUT2D eigenvalue weighted by Gasteiger charge is 2.67. The predicted octanol–water partition coefficient (Wildman–Crippen LogP) is 7.14. The monoisotopic (exact) mass is 442 g/mol.